The lowest BCUT2D eigenvalue weighted by atomic mass is 10.2. The van der Waals surface area contributed by atoms with E-state index in [1.165, 1.54) is 0 Å². The van der Waals surface area contributed by atoms with Crippen molar-refractivity contribution in [3.63, 3.8) is 0 Å². The third-order valence-electron chi connectivity index (χ3n) is 4.24. The van der Waals surface area contributed by atoms with Crippen molar-refractivity contribution in [2.75, 3.05) is 7.11 Å². The normalized spacial score (nSPS) is 12.1. The molecule has 0 radical (unpaired) electrons. The van der Waals surface area contributed by atoms with Crippen LogP contribution in [0.1, 0.15) is 29.1 Å². The van der Waals surface area contributed by atoms with Crippen LogP contribution in [0.3, 0.4) is 0 Å². The summed E-state index contributed by atoms with van der Waals surface area (Å²) >= 11 is 0. The first kappa shape index (κ1) is 17.5. The van der Waals surface area contributed by atoms with Gasteiger partial charge in [0.15, 0.2) is 11.4 Å². The van der Waals surface area contributed by atoms with Gasteiger partial charge in [-0.2, -0.15) is 5.10 Å². The number of aromatic amines is 2. The fourth-order valence-electron chi connectivity index (χ4n) is 2.78. The van der Waals surface area contributed by atoms with Gasteiger partial charge in [0.05, 0.1) is 13.2 Å². The zero-order valence-electron chi connectivity index (χ0n) is 15.1. The van der Waals surface area contributed by atoms with Crippen LogP contribution in [-0.2, 0) is 0 Å². The number of oxazole rings is 1. The molecule has 0 saturated heterocycles. The van der Waals surface area contributed by atoms with Crippen LogP contribution in [0.5, 0.6) is 5.75 Å². The molecule has 4 aromatic rings. The molecule has 142 valence electrons. The lowest BCUT2D eigenvalue weighted by Crippen LogP contribution is -2.27. The summed E-state index contributed by atoms with van der Waals surface area (Å²) in [4.78, 5) is 30.6. The molecule has 3 N–H and O–H groups in total. The Morgan fingerprint density at radius 1 is 1.25 bits per heavy atom. The predicted molar refractivity (Wildman–Crippen MR) is 101 cm³/mol. The molecule has 4 rings (SSSR count). The van der Waals surface area contributed by atoms with Crippen LogP contribution in [-0.4, -0.2) is 33.2 Å². The van der Waals surface area contributed by atoms with Crippen LogP contribution in [0.25, 0.3) is 22.6 Å². The minimum absolute atomic E-state index is 0.322. The minimum Gasteiger partial charge on any atom is -0.497 e. The van der Waals surface area contributed by atoms with E-state index in [-0.39, 0.29) is 5.91 Å². The smallest absolute Gasteiger partial charge is 0.340 e. The molecule has 1 atom stereocenters. The second kappa shape index (κ2) is 7.03. The average molecular weight is 379 g/mol. The van der Waals surface area contributed by atoms with Crippen molar-refractivity contribution in [2.45, 2.75) is 13.0 Å². The molecule has 2 heterocycles. The molecule has 9 nitrogen and oxygen atoms in total. The number of fused-ring (bicyclic) bond motifs is 1. The lowest BCUT2D eigenvalue weighted by molar-refractivity contribution is 0.0938. The average Bonchev–Trinajstić information content (AvgIpc) is 3.33. The van der Waals surface area contributed by atoms with E-state index in [1.807, 2.05) is 24.3 Å². The summed E-state index contributed by atoms with van der Waals surface area (Å²) < 4.78 is 11.0. The molecule has 0 aliphatic carbocycles. The number of ether oxygens (including phenoxy) is 1. The topological polar surface area (TPSA) is 126 Å². The van der Waals surface area contributed by atoms with E-state index in [2.05, 4.69) is 25.5 Å². The summed E-state index contributed by atoms with van der Waals surface area (Å²) in [7, 11) is 1.59. The predicted octanol–water partition coefficient (Wildman–Crippen LogP) is 2.41. The van der Waals surface area contributed by atoms with E-state index in [4.69, 9.17) is 9.15 Å². The molecule has 0 spiro atoms. The molecular weight excluding hydrogens is 362 g/mol. The summed E-state index contributed by atoms with van der Waals surface area (Å²) in [5, 5.41) is 8.86. The number of carbonyl (C=O) groups is 1. The molecule has 0 aliphatic rings. The van der Waals surface area contributed by atoms with Crippen molar-refractivity contribution in [1.29, 1.82) is 0 Å². The highest BCUT2D eigenvalue weighted by atomic mass is 16.5. The van der Waals surface area contributed by atoms with E-state index in [9.17, 15) is 9.59 Å². The number of hydrogen-bond donors (Lipinski definition) is 3. The van der Waals surface area contributed by atoms with Crippen LogP contribution in [0, 0.1) is 0 Å². The maximum atomic E-state index is 12.5. The van der Waals surface area contributed by atoms with Crippen molar-refractivity contribution >= 4 is 17.0 Å². The minimum atomic E-state index is -0.468. The zero-order chi connectivity index (χ0) is 19.7. The van der Waals surface area contributed by atoms with Gasteiger partial charge in [0, 0.05) is 11.1 Å². The van der Waals surface area contributed by atoms with Crippen molar-refractivity contribution in [2.24, 2.45) is 0 Å². The summed E-state index contributed by atoms with van der Waals surface area (Å²) in [6.45, 7) is 1.72. The van der Waals surface area contributed by atoms with Crippen LogP contribution in [0.15, 0.2) is 51.7 Å². The SMILES string of the molecule is COc1cccc(-c2nc3ccc(C(=O)N[C@@H](C)c4n[nH]c(=O)[nH]4)cc3o2)c1. The third-order valence-corrected chi connectivity index (χ3v) is 4.24. The van der Waals surface area contributed by atoms with Gasteiger partial charge in [0.2, 0.25) is 5.89 Å². The standard InChI is InChI=1S/C19H17N5O4/c1-10(16-22-19(26)24-23-16)20-17(25)11-6-7-14-15(9-11)28-18(21-14)12-4-3-5-13(8-12)27-2/h3-10H,1-2H3,(H,20,25)(H2,22,23,24,26)/t10-/m0/s1. The molecule has 0 saturated carbocycles. The molecule has 2 aromatic carbocycles. The van der Waals surface area contributed by atoms with Gasteiger partial charge >= 0.3 is 5.69 Å². The quantitative estimate of drug-likeness (QED) is 0.489. The highest BCUT2D eigenvalue weighted by molar-refractivity contribution is 5.97. The van der Waals surface area contributed by atoms with Gasteiger partial charge < -0.3 is 14.5 Å². The van der Waals surface area contributed by atoms with Crippen molar-refractivity contribution < 1.29 is 13.9 Å². The van der Waals surface area contributed by atoms with Gasteiger partial charge in [-0.25, -0.2) is 14.9 Å². The Morgan fingerprint density at radius 3 is 2.86 bits per heavy atom. The van der Waals surface area contributed by atoms with Gasteiger partial charge in [0.25, 0.3) is 5.91 Å². The fraction of sp³-hybridized carbons (Fsp3) is 0.158. The highest BCUT2D eigenvalue weighted by Gasteiger charge is 2.16. The fourth-order valence-corrected chi connectivity index (χ4v) is 2.78. The van der Waals surface area contributed by atoms with Crippen LogP contribution >= 0.6 is 0 Å². The Balaban J connectivity index is 1.59. The number of methoxy groups -OCH3 is 1. The Hall–Kier alpha value is -3.88. The number of nitrogens with zero attached hydrogens (tertiary/aromatic N) is 2. The number of carbonyl (C=O) groups excluding carboxylic acids is 1. The van der Waals surface area contributed by atoms with Gasteiger partial charge in [0.1, 0.15) is 11.3 Å². The summed E-state index contributed by atoms with van der Waals surface area (Å²) in [5.74, 6) is 1.16. The molecule has 0 unspecified atom stereocenters. The van der Waals surface area contributed by atoms with E-state index in [0.717, 1.165) is 5.56 Å². The Labute approximate surface area is 158 Å². The monoisotopic (exact) mass is 379 g/mol. The summed E-state index contributed by atoms with van der Waals surface area (Å²) in [6, 6.07) is 11.9. The Bertz CT molecular complexity index is 1210. The summed E-state index contributed by atoms with van der Waals surface area (Å²) in [5.41, 5.74) is 1.89. The van der Waals surface area contributed by atoms with Crippen LogP contribution in [0.4, 0.5) is 0 Å². The van der Waals surface area contributed by atoms with Gasteiger partial charge in [-0.3, -0.25) is 9.78 Å². The van der Waals surface area contributed by atoms with E-state index in [0.29, 0.717) is 34.1 Å². The first-order valence-electron chi connectivity index (χ1n) is 8.54. The van der Waals surface area contributed by atoms with Crippen molar-refractivity contribution in [3.05, 3.63) is 64.3 Å². The van der Waals surface area contributed by atoms with Crippen LogP contribution < -0.4 is 15.7 Å². The van der Waals surface area contributed by atoms with Crippen molar-refractivity contribution in [3.8, 4) is 17.2 Å². The Morgan fingerprint density at radius 2 is 2.11 bits per heavy atom. The number of amides is 1. The molecule has 0 fully saturated rings. The third kappa shape index (κ3) is 3.37. The number of benzene rings is 2. The molecule has 0 bridgehead atoms. The lowest BCUT2D eigenvalue weighted by Gasteiger charge is -2.10. The zero-order valence-corrected chi connectivity index (χ0v) is 15.1. The number of nitrogens with one attached hydrogen (secondary N) is 3. The number of rotatable bonds is 5. The molecule has 9 heteroatoms. The van der Waals surface area contributed by atoms with E-state index in [1.54, 1.807) is 32.2 Å². The second-order valence-corrected chi connectivity index (χ2v) is 6.19. The first-order valence-corrected chi connectivity index (χ1v) is 8.54. The Kier molecular flexibility index (Phi) is 4.40. The number of aromatic nitrogens is 4. The number of hydrogen-bond acceptors (Lipinski definition) is 6. The highest BCUT2D eigenvalue weighted by Crippen LogP contribution is 2.27. The maximum absolute atomic E-state index is 12.5. The molecule has 1 amide bonds. The maximum Gasteiger partial charge on any atom is 0.340 e. The second-order valence-electron chi connectivity index (χ2n) is 6.19. The number of H-pyrrole nitrogens is 2. The molecule has 2 aromatic heterocycles. The van der Waals surface area contributed by atoms with Crippen LogP contribution in [0.2, 0.25) is 0 Å². The van der Waals surface area contributed by atoms with Gasteiger partial charge in [-0.15, -0.1) is 0 Å². The first-order chi connectivity index (χ1) is 13.5. The molecule has 28 heavy (non-hydrogen) atoms. The van der Waals surface area contributed by atoms with Crippen molar-refractivity contribution in [1.82, 2.24) is 25.5 Å². The van der Waals surface area contributed by atoms with E-state index >= 15 is 0 Å². The summed E-state index contributed by atoms with van der Waals surface area (Å²) in [6.07, 6.45) is 0. The van der Waals surface area contributed by atoms with Gasteiger partial charge in [-0.1, -0.05) is 6.07 Å². The van der Waals surface area contributed by atoms with Gasteiger partial charge in [-0.05, 0) is 43.3 Å². The van der Waals surface area contributed by atoms with E-state index < -0.39 is 11.7 Å². The molecular formula is C19H17N5O4. The largest absolute Gasteiger partial charge is 0.497 e. The molecule has 0 aliphatic heterocycles.